The fourth-order valence-corrected chi connectivity index (χ4v) is 3.61. The molecule has 0 aliphatic heterocycles. The van der Waals surface area contributed by atoms with Crippen molar-refractivity contribution in [1.29, 1.82) is 0 Å². The van der Waals surface area contributed by atoms with Gasteiger partial charge in [-0.15, -0.1) is 0 Å². The zero-order valence-electron chi connectivity index (χ0n) is 17.6. The molecule has 2 aromatic heterocycles. The van der Waals surface area contributed by atoms with E-state index in [1.165, 1.54) is 0 Å². The summed E-state index contributed by atoms with van der Waals surface area (Å²) in [5.74, 6) is 0.709. The largest absolute Gasteiger partial charge is 0.367 e. The third-order valence-electron chi connectivity index (χ3n) is 4.13. The summed E-state index contributed by atoms with van der Waals surface area (Å²) in [6, 6.07) is 7.81. The van der Waals surface area contributed by atoms with Crippen molar-refractivity contribution in [2.45, 2.75) is 57.6 Å². The minimum absolute atomic E-state index is 0.0852. The summed E-state index contributed by atoms with van der Waals surface area (Å²) in [4.78, 5) is 21.7. The Balaban J connectivity index is 1.77. The standard InChI is InChI=1S/C21H28N6OS/c1-13(2)24-18-17-12-23-27(19(17)26-21(25-18)29-14(3)4)10-9-22-20(28)16-8-6-7-15(5)11-16/h6-8,11-14H,9-10H2,1-5H3,(H,22,28)(H,24,25,26). The lowest BCUT2D eigenvalue weighted by atomic mass is 10.1. The lowest BCUT2D eigenvalue weighted by Gasteiger charge is -2.12. The maximum atomic E-state index is 12.4. The first-order valence-electron chi connectivity index (χ1n) is 9.85. The minimum Gasteiger partial charge on any atom is -0.367 e. The van der Waals surface area contributed by atoms with Crippen LogP contribution in [0.2, 0.25) is 0 Å². The first-order valence-corrected chi connectivity index (χ1v) is 10.7. The Morgan fingerprint density at radius 2 is 2.00 bits per heavy atom. The normalized spacial score (nSPS) is 11.4. The third kappa shape index (κ3) is 5.47. The van der Waals surface area contributed by atoms with Gasteiger partial charge in [0.2, 0.25) is 0 Å². The summed E-state index contributed by atoms with van der Waals surface area (Å²) in [6.07, 6.45) is 1.78. The Bertz CT molecular complexity index is 998. The van der Waals surface area contributed by atoms with Crippen molar-refractivity contribution < 1.29 is 4.79 Å². The molecule has 0 spiro atoms. The summed E-state index contributed by atoms with van der Waals surface area (Å²) in [7, 11) is 0. The van der Waals surface area contributed by atoms with Gasteiger partial charge in [0.1, 0.15) is 5.82 Å². The molecular weight excluding hydrogens is 384 g/mol. The van der Waals surface area contributed by atoms with Crippen molar-refractivity contribution in [2.75, 3.05) is 11.9 Å². The maximum absolute atomic E-state index is 12.4. The van der Waals surface area contributed by atoms with E-state index in [-0.39, 0.29) is 11.9 Å². The second kappa shape index (κ2) is 9.26. The highest BCUT2D eigenvalue weighted by molar-refractivity contribution is 7.99. The highest BCUT2D eigenvalue weighted by atomic mass is 32.2. The average molecular weight is 413 g/mol. The highest BCUT2D eigenvalue weighted by Gasteiger charge is 2.15. The molecule has 0 saturated carbocycles. The number of benzene rings is 1. The molecule has 3 rings (SSSR count). The highest BCUT2D eigenvalue weighted by Crippen LogP contribution is 2.26. The van der Waals surface area contributed by atoms with Gasteiger partial charge in [0.05, 0.1) is 18.1 Å². The van der Waals surface area contributed by atoms with Gasteiger partial charge in [-0.1, -0.05) is 43.3 Å². The number of hydrogen-bond acceptors (Lipinski definition) is 6. The van der Waals surface area contributed by atoms with Gasteiger partial charge in [-0.2, -0.15) is 5.10 Å². The number of hydrogen-bond donors (Lipinski definition) is 2. The number of thioether (sulfide) groups is 1. The fourth-order valence-electron chi connectivity index (χ4n) is 2.91. The van der Waals surface area contributed by atoms with Crippen LogP contribution in [0, 0.1) is 6.92 Å². The zero-order valence-corrected chi connectivity index (χ0v) is 18.4. The van der Waals surface area contributed by atoms with Crippen LogP contribution in [0.25, 0.3) is 11.0 Å². The Kier molecular flexibility index (Phi) is 6.74. The average Bonchev–Trinajstić information content (AvgIpc) is 3.04. The quantitative estimate of drug-likeness (QED) is 0.431. The Morgan fingerprint density at radius 1 is 1.21 bits per heavy atom. The van der Waals surface area contributed by atoms with Gasteiger partial charge >= 0.3 is 0 Å². The molecule has 0 saturated heterocycles. The number of amides is 1. The molecule has 0 bridgehead atoms. The summed E-state index contributed by atoms with van der Waals surface area (Å²) < 4.78 is 1.82. The molecule has 2 heterocycles. The molecule has 0 atom stereocenters. The van der Waals surface area contributed by atoms with Crippen LogP contribution in [0.1, 0.15) is 43.6 Å². The van der Waals surface area contributed by atoms with Crippen molar-refractivity contribution in [3.8, 4) is 0 Å². The van der Waals surface area contributed by atoms with Crippen LogP contribution in [0.5, 0.6) is 0 Å². The van der Waals surface area contributed by atoms with Crippen LogP contribution >= 0.6 is 11.8 Å². The zero-order chi connectivity index (χ0) is 21.0. The van der Waals surface area contributed by atoms with Crippen LogP contribution in [-0.2, 0) is 6.54 Å². The number of anilines is 1. The fraction of sp³-hybridized carbons (Fsp3) is 0.429. The van der Waals surface area contributed by atoms with E-state index in [2.05, 4.69) is 48.4 Å². The summed E-state index contributed by atoms with van der Waals surface area (Å²) in [5, 5.41) is 12.8. The van der Waals surface area contributed by atoms with Gasteiger partial charge in [0, 0.05) is 23.4 Å². The van der Waals surface area contributed by atoms with Crippen molar-refractivity contribution in [3.63, 3.8) is 0 Å². The van der Waals surface area contributed by atoms with Gasteiger partial charge in [-0.3, -0.25) is 4.79 Å². The lowest BCUT2D eigenvalue weighted by Crippen LogP contribution is -2.27. The summed E-state index contributed by atoms with van der Waals surface area (Å²) in [6.45, 7) is 11.4. The molecule has 29 heavy (non-hydrogen) atoms. The molecule has 154 valence electrons. The molecule has 0 radical (unpaired) electrons. The SMILES string of the molecule is Cc1cccc(C(=O)NCCn2ncc3c(NC(C)C)nc(SC(C)C)nc32)c1. The second-order valence-electron chi connectivity index (χ2n) is 7.55. The van der Waals surface area contributed by atoms with Crippen molar-refractivity contribution in [3.05, 3.63) is 41.6 Å². The molecule has 0 aliphatic carbocycles. The summed E-state index contributed by atoms with van der Waals surface area (Å²) in [5.41, 5.74) is 2.50. The molecule has 0 unspecified atom stereocenters. The van der Waals surface area contributed by atoms with E-state index in [9.17, 15) is 4.79 Å². The van der Waals surface area contributed by atoms with Gasteiger partial charge in [0.25, 0.3) is 5.91 Å². The van der Waals surface area contributed by atoms with Gasteiger partial charge in [-0.25, -0.2) is 14.6 Å². The number of nitrogens with one attached hydrogen (secondary N) is 2. The smallest absolute Gasteiger partial charge is 0.251 e. The van der Waals surface area contributed by atoms with E-state index in [4.69, 9.17) is 4.98 Å². The van der Waals surface area contributed by atoms with Gasteiger partial charge in [-0.05, 0) is 32.9 Å². The first-order chi connectivity index (χ1) is 13.8. The van der Waals surface area contributed by atoms with E-state index < -0.39 is 0 Å². The predicted octanol–water partition coefficient (Wildman–Crippen LogP) is 3.89. The molecule has 1 amide bonds. The second-order valence-corrected chi connectivity index (χ2v) is 9.09. The van der Waals surface area contributed by atoms with E-state index in [0.29, 0.717) is 23.9 Å². The molecule has 2 N–H and O–H groups in total. The van der Waals surface area contributed by atoms with E-state index in [1.54, 1.807) is 18.0 Å². The molecule has 8 heteroatoms. The number of aromatic nitrogens is 4. The molecule has 0 aliphatic rings. The van der Waals surface area contributed by atoms with Crippen LogP contribution in [0.3, 0.4) is 0 Å². The van der Waals surface area contributed by atoms with E-state index in [1.807, 2.05) is 35.9 Å². The van der Waals surface area contributed by atoms with Crippen molar-refractivity contribution in [1.82, 2.24) is 25.1 Å². The summed E-state index contributed by atoms with van der Waals surface area (Å²) >= 11 is 1.62. The van der Waals surface area contributed by atoms with Gasteiger partial charge in [0.15, 0.2) is 10.8 Å². The molecule has 1 aromatic carbocycles. The third-order valence-corrected chi connectivity index (χ3v) is 5.00. The van der Waals surface area contributed by atoms with Gasteiger partial charge < -0.3 is 10.6 Å². The Hall–Kier alpha value is -2.61. The number of fused-ring (bicyclic) bond motifs is 1. The lowest BCUT2D eigenvalue weighted by molar-refractivity contribution is 0.0952. The van der Waals surface area contributed by atoms with Crippen molar-refractivity contribution in [2.24, 2.45) is 0 Å². The van der Waals surface area contributed by atoms with E-state index in [0.717, 1.165) is 27.6 Å². The number of carbonyl (C=O) groups excluding carboxylic acids is 1. The number of nitrogens with zero attached hydrogens (tertiary/aromatic N) is 4. The number of rotatable bonds is 8. The topological polar surface area (TPSA) is 84.7 Å². The molecule has 7 nitrogen and oxygen atoms in total. The Morgan fingerprint density at radius 3 is 2.69 bits per heavy atom. The monoisotopic (exact) mass is 412 g/mol. The first kappa shape index (κ1) is 21.1. The van der Waals surface area contributed by atoms with Crippen molar-refractivity contribution >= 4 is 34.5 Å². The van der Waals surface area contributed by atoms with E-state index >= 15 is 0 Å². The minimum atomic E-state index is -0.0852. The van der Waals surface area contributed by atoms with Crippen LogP contribution in [0.15, 0.2) is 35.6 Å². The number of carbonyl (C=O) groups is 1. The van der Waals surface area contributed by atoms with Crippen LogP contribution < -0.4 is 10.6 Å². The maximum Gasteiger partial charge on any atom is 0.251 e. The molecular formula is C21H28N6OS. The molecule has 0 fully saturated rings. The molecule has 3 aromatic rings. The van der Waals surface area contributed by atoms with Crippen LogP contribution in [0.4, 0.5) is 5.82 Å². The Labute approximate surface area is 175 Å². The predicted molar refractivity (Wildman–Crippen MR) is 119 cm³/mol. The number of aryl methyl sites for hydroxylation is 1. The van der Waals surface area contributed by atoms with Crippen LogP contribution in [-0.4, -0.2) is 43.5 Å².